The Morgan fingerprint density at radius 1 is 1.61 bits per heavy atom. The number of carboxylic acid groups (broad SMARTS) is 1. The molecule has 3 N–H and O–H groups in total. The first-order valence-corrected chi connectivity index (χ1v) is 6.16. The van der Waals surface area contributed by atoms with Gasteiger partial charge < -0.3 is 20.3 Å². The zero-order chi connectivity index (χ0) is 13.1. The summed E-state index contributed by atoms with van der Waals surface area (Å²) in [5, 5.41) is 21.8. The van der Waals surface area contributed by atoms with Crippen molar-refractivity contribution in [3.8, 4) is 11.5 Å². The first kappa shape index (κ1) is 12.6. The van der Waals surface area contributed by atoms with Gasteiger partial charge in [-0.05, 0) is 12.1 Å². The molecule has 0 unspecified atom stereocenters. The highest BCUT2D eigenvalue weighted by Gasteiger charge is 2.24. The Bertz CT molecular complexity index is 504. The van der Waals surface area contributed by atoms with Gasteiger partial charge in [0.1, 0.15) is 11.5 Å². The molecule has 7 heteroatoms. The lowest BCUT2D eigenvalue weighted by Crippen LogP contribution is -2.17. The van der Waals surface area contributed by atoms with Crippen LogP contribution >= 0.6 is 11.8 Å². The van der Waals surface area contributed by atoms with Crippen molar-refractivity contribution >= 4 is 28.6 Å². The molecule has 0 spiro atoms. The Kier molecular flexibility index (Phi) is 3.61. The normalized spacial score (nSPS) is 18.3. The molecule has 18 heavy (non-hydrogen) atoms. The van der Waals surface area contributed by atoms with Crippen LogP contribution in [0.2, 0.25) is 0 Å². The van der Waals surface area contributed by atoms with Crippen molar-refractivity contribution in [3.05, 3.63) is 18.2 Å². The van der Waals surface area contributed by atoms with E-state index in [9.17, 15) is 9.90 Å². The molecular formula is C11H12N2O4S. The lowest BCUT2D eigenvalue weighted by Gasteiger charge is -2.08. The topological polar surface area (TPSA) is 91.2 Å². The van der Waals surface area contributed by atoms with Crippen LogP contribution in [0.25, 0.3) is 0 Å². The SMILES string of the molecule is COc1ccc(O)c(NC2=N[C@H](C(=O)O)CS2)c1. The highest BCUT2D eigenvalue weighted by Crippen LogP contribution is 2.30. The van der Waals surface area contributed by atoms with Crippen molar-refractivity contribution in [2.75, 3.05) is 18.2 Å². The van der Waals surface area contributed by atoms with Crippen molar-refractivity contribution in [1.82, 2.24) is 0 Å². The van der Waals surface area contributed by atoms with Gasteiger partial charge in [-0.2, -0.15) is 0 Å². The van der Waals surface area contributed by atoms with Crippen LogP contribution < -0.4 is 10.1 Å². The summed E-state index contributed by atoms with van der Waals surface area (Å²) in [6, 6.07) is 4.01. The fraction of sp³-hybridized carbons (Fsp3) is 0.273. The van der Waals surface area contributed by atoms with Gasteiger partial charge >= 0.3 is 5.97 Å². The maximum atomic E-state index is 10.7. The van der Waals surface area contributed by atoms with E-state index in [4.69, 9.17) is 9.84 Å². The molecule has 6 nitrogen and oxygen atoms in total. The number of aliphatic carboxylic acids is 1. The number of hydrogen-bond acceptors (Lipinski definition) is 6. The molecule has 0 saturated carbocycles. The smallest absolute Gasteiger partial charge is 0.329 e. The Labute approximate surface area is 108 Å². The van der Waals surface area contributed by atoms with Crippen molar-refractivity contribution < 1.29 is 19.7 Å². The lowest BCUT2D eigenvalue weighted by atomic mass is 10.3. The predicted molar refractivity (Wildman–Crippen MR) is 69.6 cm³/mol. The van der Waals surface area contributed by atoms with Crippen LogP contribution in [0.5, 0.6) is 11.5 Å². The second kappa shape index (κ2) is 5.18. The minimum Gasteiger partial charge on any atom is -0.506 e. The lowest BCUT2D eigenvalue weighted by molar-refractivity contribution is -0.137. The van der Waals surface area contributed by atoms with Crippen LogP contribution in [-0.2, 0) is 4.79 Å². The van der Waals surface area contributed by atoms with E-state index in [1.54, 1.807) is 12.1 Å². The average molecular weight is 268 g/mol. The minimum atomic E-state index is -0.950. The number of anilines is 1. The number of rotatable bonds is 3. The molecule has 1 aliphatic rings. The zero-order valence-electron chi connectivity index (χ0n) is 9.58. The van der Waals surface area contributed by atoms with Crippen LogP contribution in [0, 0.1) is 0 Å². The van der Waals surface area contributed by atoms with Gasteiger partial charge in [-0.15, -0.1) is 0 Å². The number of carbonyl (C=O) groups is 1. The molecule has 1 aromatic rings. The highest BCUT2D eigenvalue weighted by molar-refractivity contribution is 8.14. The quantitative estimate of drug-likeness (QED) is 0.717. The third-order valence-electron chi connectivity index (χ3n) is 2.38. The predicted octanol–water partition coefficient (Wildman–Crippen LogP) is 1.37. The van der Waals surface area contributed by atoms with Crippen molar-refractivity contribution in [2.45, 2.75) is 6.04 Å². The number of nitrogens with zero attached hydrogens (tertiary/aromatic N) is 1. The van der Waals surface area contributed by atoms with Crippen molar-refractivity contribution in [2.24, 2.45) is 4.99 Å². The molecule has 1 atom stereocenters. The van der Waals surface area contributed by atoms with Gasteiger partial charge in [0.25, 0.3) is 0 Å². The third kappa shape index (κ3) is 2.67. The number of aliphatic imine (C=N–C) groups is 1. The number of carboxylic acids is 1. The molecule has 0 bridgehead atoms. The minimum absolute atomic E-state index is 0.0536. The highest BCUT2D eigenvalue weighted by atomic mass is 32.2. The van der Waals surface area contributed by atoms with Crippen LogP contribution in [0.3, 0.4) is 0 Å². The van der Waals surface area contributed by atoms with E-state index < -0.39 is 12.0 Å². The Balaban J connectivity index is 2.15. The number of amidine groups is 1. The van der Waals surface area contributed by atoms with Gasteiger partial charge in [0.2, 0.25) is 0 Å². The fourth-order valence-electron chi connectivity index (χ4n) is 1.43. The van der Waals surface area contributed by atoms with Crippen LogP contribution in [0.4, 0.5) is 5.69 Å². The monoisotopic (exact) mass is 268 g/mol. The first-order chi connectivity index (χ1) is 8.60. The van der Waals surface area contributed by atoms with Gasteiger partial charge in [-0.25, -0.2) is 9.79 Å². The van der Waals surface area contributed by atoms with Crippen molar-refractivity contribution in [3.63, 3.8) is 0 Å². The fourth-order valence-corrected chi connectivity index (χ4v) is 2.34. The summed E-state index contributed by atoms with van der Waals surface area (Å²) in [7, 11) is 1.53. The van der Waals surface area contributed by atoms with Gasteiger partial charge in [0, 0.05) is 11.8 Å². The number of hydrogen-bond donors (Lipinski definition) is 3. The van der Waals surface area contributed by atoms with E-state index in [-0.39, 0.29) is 5.75 Å². The summed E-state index contributed by atoms with van der Waals surface area (Å²) >= 11 is 1.30. The molecular weight excluding hydrogens is 256 g/mol. The van der Waals surface area contributed by atoms with Crippen LogP contribution in [0.15, 0.2) is 23.2 Å². The molecule has 96 valence electrons. The molecule has 0 aliphatic carbocycles. The number of ether oxygens (including phenoxy) is 1. The summed E-state index contributed by atoms with van der Waals surface area (Å²) in [4.78, 5) is 14.7. The Morgan fingerprint density at radius 3 is 3.00 bits per heavy atom. The molecule has 2 rings (SSSR count). The summed E-state index contributed by atoms with van der Waals surface area (Å²) in [5.74, 6) is 0.0864. The number of aromatic hydroxyl groups is 1. The number of phenols is 1. The van der Waals surface area contributed by atoms with E-state index in [1.807, 2.05) is 0 Å². The Morgan fingerprint density at radius 2 is 2.39 bits per heavy atom. The number of thioether (sulfide) groups is 1. The van der Waals surface area contributed by atoms with E-state index in [1.165, 1.54) is 24.9 Å². The summed E-state index contributed by atoms with van der Waals surface area (Å²) in [6.45, 7) is 0. The largest absolute Gasteiger partial charge is 0.506 e. The van der Waals surface area contributed by atoms with Crippen LogP contribution in [-0.4, -0.2) is 40.3 Å². The standard InChI is InChI=1S/C11H12N2O4S/c1-17-6-2-3-9(14)7(4-6)12-11-13-8(5-18-11)10(15)16/h2-4,8,14H,5H2,1H3,(H,12,13)(H,15,16)/t8-/m0/s1. The van der Waals surface area contributed by atoms with E-state index in [2.05, 4.69) is 10.3 Å². The number of methoxy groups -OCH3 is 1. The van der Waals surface area contributed by atoms with Gasteiger partial charge in [0.05, 0.1) is 12.8 Å². The van der Waals surface area contributed by atoms with E-state index >= 15 is 0 Å². The second-order valence-electron chi connectivity index (χ2n) is 3.61. The molecule has 0 aromatic heterocycles. The average Bonchev–Trinajstić information content (AvgIpc) is 2.81. The molecule has 0 radical (unpaired) electrons. The molecule has 0 fully saturated rings. The van der Waals surface area contributed by atoms with Gasteiger partial charge in [-0.3, -0.25) is 0 Å². The number of nitrogens with one attached hydrogen (secondary N) is 1. The summed E-state index contributed by atoms with van der Waals surface area (Å²) in [6.07, 6.45) is 0. The number of benzene rings is 1. The maximum Gasteiger partial charge on any atom is 0.329 e. The second-order valence-corrected chi connectivity index (χ2v) is 4.62. The van der Waals surface area contributed by atoms with Gasteiger partial charge in [-0.1, -0.05) is 11.8 Å². The number of phenolic OH excluding ortho intramolecular Hbond substituents is 1. The molecule has 0 saturated heterocycles. The maximum absolute atomic E-state index is 10.7. The van der Waals surface area contributed by atoms with Crippen LogP contribution in [0.1, 0.15) is 0 Å². The third-order valence-corrected chi connectivity index (χ3v) is 3.34. The van der Waals surface area contributed by atoms with E-state index in [0.717, 1.165) is 0 Å². The van der Waals surface area contributed by atoms with E-state index in [0.29, 0.717) is 22.4 Å². The molecule has 0 amide bonds. The zero-order valence-corrected chi connectivity index (χ0v) is 10.4. The molecule has 1 aliphatic heterocycles. The van der Waals surface area contributed by atoms with Gasteiger partial charge in [0.15, 0.2) is 11.2 Å². The summed E-state index contributed by atoms with van der Waals surface area (Å²) in [5.41, 5.74) is 0.437. The summed E-state index contributed by atoms with van der Waals surface area (Å²) < 4.78 is 5.04. The first-order valence-electron chi connectivity index (χ1n) is 5.17. The van der Waals surface area contributed by atoms with Crippen molar-refractivity contribution in [1.29, 1.82) is 0 Å². The molecule has 1 heterocycles. The molecule has 1 aromatic carbocycles. The Hall–Kier alpha value is -1.89.